The summed E-state index contributed by atoms with van der Waals surface area (Å²) in [7, 11) is 0. The van der Waals surface area contributed by atoms with Crippen LogP contribution in [-0.2, 0) is 5.41 Å². The van der Waals surface area contributed by atoms with Gasteiger partial charge in [-0.3, -0.25) is 0 Å². The molecule has 0 aliphatic heterocycles. The Morgan fingerprint density at radius 1 is 1.26 bits per heavy atom. The lowest BCUT2D eigenvalue weighted by Crippen LogP contribution is -2.10. The van der Waals surface area contributed by atoms with Crippen molar-refractivity contribution in [3.63, 3.8) is 0 Å². The third-order valence-corrected chi connectivity index (χ3v) is 3.20. The van der Waals surface area contributed by atoms with Crippen molar-refractivity contribution < 1.29 is 14.4 Å². The SMILES string of the molecule is CC(C)(C)c1ccc(-c2onc(C(=O)O)c2Cl)cc1. The van der Waals surface area contributed by atoms with Gasteiger partial charge in [-0.1, -0.05) is 61.8 Å². The van der Waals surface area contributed by atoms with Crippen molar-refractivity contribution in [3.8, 4) is 11.3 Å². The first-order chi connectivity index (χ1) is 8.80. The molecule has 0 spiro atoms. The number of nitrogens with zero attached hydrogens (tertiary/aromatic N) is 1. The van der Waals surface area contributed by atoms with Gasteiger partial charge >= 0.3 is 5.97 Å². The van der Waals surface area contributed by atoms with Crippen LogP contribution >= 0.6 is 11.6 Å². The van der Waals surface area contributed by atoms with Gasteiger partial charge in [0.1, 0.15) is 5.02 Å². The maximum absolute atomic E-state index is 10.8. The van der Waals surface area contributed by atoms with Gasteiger partial charge in [0.15, 0.2) is 5.76 Å². The molecule has 2 aromatic rings. The Bertz CT molecular complexity index is 609. The van der Waals surface area contributed by atoms with Gasteiger partial charge in [-0.2, -0.15) is 0 Å². The smallest absolute Gasteiger partial charge is 0.359 e. The van der Waals surface area contributed by atoms with Crippen LogP contribution in [0.1, 0.15) is 36.8 Å². The second kappa shape index (κ2) is 4.70. The zero-order chi connectivity index (χ0) is 14.2. The molecule has 1 N–H and O–H groups in total. The molecule has 0 aliphatic carbocycles. The van der Waals surface area contributed by atoms with E-state index < -0.39 is 5.97 Å². The summed E-state index contributed by atoms with van der Waals surface area (Å²) < 4.78 is 5.01. The summed E-state index contributed by atoms with van der Waals surface area (Å²) in [6.07, 6.45) is 0. The highest BCUT2D eigenvalue weighted by atomic mass is 35.5. The summed E-state index contributed by atoms with van der Waals surface area (Å²) in [6.45, 7) is 6.35. The Labute approximate surface area is 116 Å². The van der Waals surface area contributed by atoms with E-state index in [0.29, 0.717) is 5.56 Å². The number of carboxylic acid groups (broad SMARTS) is 1. The molecule has 4 nitrogen and oxygen atoms in total. The molecule has 2 rings (SSSR count). The quantitative estimate of drug-likeness (QED) is 0.903. The monoisotopic (exact) mass is 279 g/mol. The number of hydrogen-bond donors (Lipinski definition) is 1. The molecule has 5 heteroatoms. The minimum Gasteiger partial charge on any atom is -0.476 e. The van der Waals surface area contributed by atoms with Gasteiger partial charge in [0.2, 0.25) is 5.69 Å². The fourth-order valence-electron chi connectivity index (χ4n) is 1.71. The molecular weight excluding hydrogens is 266 g/mol. The zero-order valence-corrected chi connectivity index (χ0v) is 11.7. The number of carboxylic acids is 1. The van der Waals surface area contributed by atoms with Crippen molar-refractivity contribution in [3.05, 3.63) is 40.5 Å². The van der Waals surface area contributed by atoms with Crippen molar-refractivity contribution in [2.24, 2.45) is 0 Å². The zero-order valence-electron chi connectivity index (χ0n) is 10.9. The van der Waals surface area contributed by atoms with E-state index in [1.807, 2.05) is 24.3 Å². The molecule has 0 saturated heterocycles. The number of aromatic carboxylic acids is 1. The highest BCUT2D eigenvalue weighted by Gasteiger charge is 2.21. The van der Waals surface area contributed by atoms with E-state index in [4.69, 9.17) is 21.2 Å². The Balaban J connectivity index is 2.41. The fourth-order valence-corrected chi connectivity index (χ4v) is 1.97. The largest absolute Gasteiger partial charge is 0.476 e. The summed E-state index contributed by atoms with van der Waals surface area (Å²) in [6, 6.07) is 7.63. The van der Waals surface area contributed by atoms with E-state index in [1.165, 1.54) is 5.56 Å². The van der Waals surface area contributed by atoms with Gasteiger partial charge < -0.3 is 9.63 Å². The van der Waals surface area contributed by atoms with E-state index >= 15 is 0 Å². The summed E-state index contributed by atoms with van der Waals surface area (Å²) in [5, 5.41) is 12.4. The lowest BCUT2D eigenvalue weighted by molar-refractivity contribution is 0.0686. The van der Waals surface area contributed by atoms with Crippen LogP contribution in [0.15, 0.2) is 28.8 Å². The van der Waals surface area contributed by atoms with E-state index in [2.05, 4.69) is 25.9 Å². The minimum atomic E-state index is -1.20. The number of aromatic nitrogens is 1. The molecule has 0 aliphatic rings. The van der Waals surface area contributed by atoms with Crippen molar-refractivity contribution in [2.75, 3.05) is 0 Å². The van der Waals surface area contributed by atoms with Crippen molar-refractivity contribution in [2.45, 2.75) is 26.2 Å². The number of benzene rings is 1. The molecule has 0 atom stereocenters. The van der Waals surface area contributed by atoms with Gasteiger partial charge in [0, 0.05) is 5.56 Å². The average molecular weight is 280 g/mol. The van der Waals surface area contributed by atoms with Gasteiger partial charge in [-0.15, -0.1) is 0 Å². The first-order valence-electron chi connectivity index (χ1n) is 5.80. The molecule has 0 fully saturated rings. The maximum Gasteiger partial charge on any atom is 0.359 e. The van der Waals surface area contributed by atoms with Crippen LogP contribution < -0.4 is 0 Å². The van der Waals surface area contributed by atoms with Crippen LogP contribution in [0.3, 0.4) is 0 Å². The molecule has 0 bridgehead atoms. The van der Waals surface area contributed by atoms with Crippen molar-refractivity contribution in [1.29, 1.82) is 0 Å². The van der Waals surface area contributed by atoms with Crippen LogP contribution in [0.25, 0.3) is 11.3 Å². The lowest BCUT2D eigenvalue weighted by atomic mass is 9.86. The highest BCUT2D eigenvalue weighted by Crippen LogP contribution is 2.32. The number of carbonyl (C=O) groups is 1. The fraction of sp³-hybridized carbons (Fsp3) is 0.286. The average Bonchev–Trinajstić information content (AvgIpc) is 2.70. The van der Waals surface area contributed by atoms with Gasteiger partial charge in [0.05, 0.1) is 0 Å². The molecule has 1 aromatic heterocycles. The van der Waals surface area contributed by atoms with Crippen LogP contribution in [0.2, 0.25) is 5.02 Å². The van der Waals surface area contributed by atoms with Crippen LogP contribution in [0.5, 0.6) is 0 Å². The Hall–Kier alpha value is -1.81. The minimum absolute atomic E-state index is 0.0241. The first kappa shape index (κ1) is 13.6. The molecule has 0 unspecified atom stereocenters. The Morgan fingerprint density at radius 2 is 1.84 bits per heavy atom. The molecule has 0 saturated carbocycles. The highest BCUT2D eigenvalue weighted by molar-refractivity contribution is 6.35. The van der Waals surface area contributed by atoms with Crippen LogP contribution in [0.4, 0.5) is 0 Å². The normalized spacial score (nSPS) is 11.6. The number of rotatable bonds is 2. The van der Waals surface area contributed by atoms with Crippen molar-refractivity contribution in [1.82, 2.24) is 5.16 Å². The standard InChI is InChI=1S/C14H14ClNO3/c1-14(2,3)9-6-4-8(5-7-9)12-10(15)11(13(17)18)16-19-12/h4-7H,1-3H3,(H,17,18). The third kappa shape index (κ3) is 2.63. The Kier molecular flexibility index (Phi) is 3.37. The predicted molar refractivity (Wildman–Crippen MR) is 72.6 cm³/mol. The summed E-state index contributed by atoms with van der Waals surface area (Å²) >= 11 is 5.95. The van der Waals surface area contributed by atoms with E-state index in [9.17, 15) is 4.79 Å². The molecule has 19 heavy (non-hydrogen) atoms. The molecule has 1 heterocycles. The van der Waals surface area contributed by atoms with Gasteiger partial charge in [0.25, 0.3) is 0 Å². The van der Waals surface area contributed by atoms with Crippen LogP contribution in [0, 0.1) is 0 Å². The second-order valence-electron chi connectivity index (χ2n) is 5.31. The first-order valence-corrected chi connectivity index (χ1v) is 6.18. The molecule has 0 amide bonds. The topological polar surface area (TPSA) is 63.3 Å². The number of hydrogen-bond acceptors (Lipinski definition) is 3. The lowest BCUT2D eigenvalue weighted by Gasteiger charge is -2.18. The van der Waals surface area contributed by atoms with Crippen molar-refractivity contribution >= 4 is 17.6 Å². The maximum atomic E-state index is 10.8. The van der Waals surface area contributed by atoms with E-state index in [1.54, 1.807) is 0 Å². The van der Waals surface area contributed by atoms with Gasteiger partial charge in [-0.05, 0) is 11.0 Å². The molecular formula is C14H14ClNO3. The molecule has 1 aromatic carbocycles. The Morgan fingerprint density at radius 3 is 2.26 bits per heavy atom. The predicted octanol–water partition coefficient (Wildman–Crippen LogP) is 3.99. The third-order valence-electron chi connectivity index (χ3n) is 2.85. The summed E-state index contributed by atoms with van der Waals surface area (Å²) in [4.78, 5) is 10.8. The molecule has 100 valence electrons. The van der Waals surface area contributed by atoms with Crippen LogP contribution in [-0.4, -0.2) is 16.2 Å². The van der Waals surface area contributed by atoms with Gasteiger partial charge in [-0.25, -0.2) is 4.79 Å². The summed E-state index contributed by atoms with van der Waals surface area (Å²) in [5.41, 5.74) is 1.66. The van der Waals surface area contributed by atoms with E-state index in [-0.39, 0.29) is 21.9 Å². The van der Waals surface area contributed by atoms with E-state index in [0.717, 1.165) is 0 Å². The number of halogens is 1. The molecule has 0 radical (unpaired) electrons. The summed E-state index contributed by atoms with van der Waals surface area (Å²) in [5.74, 6) is -0.925. The second-order valence-corrected chi connectivity index (χ2v) is 5.68.